The predicted molar refractivity (Wildman–Crippen MR) is 124 cm³/mol. The van der Waals surface area contributed by atoms with Crippen LogP contribution in [0.15, 0.2) is 47.8 Å². The summed E-state index contributed by atoms with van der Waals surface area (Å²) in [6.45, 7) is 5.67. The summed E-state index contributed by atoms with van der Waals surface area (Å²) < 4.78 is 14.3. The molecule has 0 unspecified atom stereocenters. The number of benzene rings is 2. The summed E-state index contributed by atoms with van der Waals surface area (Å²) in [7, 11) is 0. The van der Waals surface area contributed by atoms with E-state index >= 15 is 0 Å². The number of nitriles is 1. The van der Waals surface area contributed by atoms with Crippen molar-refractivity contribution in [3.63, 3.8) is 0 Å². The first-order valence-electron chi connectivity index (χ1n) is 10.5. The summed E-state index contributed by atoms with van der Waals surface area (Å²) in [6, 6.07) is 14.3. The van der Waals surface area contributed by atoms with Gasteiger partial charge in [0.05, 0.1) is 29.4 Å². The molecule has 3 aromatic rings. The molecule has 1 amide bonds. The lowest BCUT2D eigenvalue weighted by Gasteiger charge is -2.35. The van der Waals surface area contributed by atoms with E-state index in [2.05, 4.69) is 15.2 Å². The molecule has 6 nitrogen and oxygen atoms in total. The molecule has 8 heteroatoms. The number of nitrogens with one attached hydrogen (secondary N) is 1. The van der Waals surface area contributed by atoms with Gasteiger partial charge in [-0.15, -0.1) is 11.3 Å². The van der Waals surface area contributed by atoms with Gasteiger partial charge in [-0.25, -0.2) is 9.37 Å². The molecule has 164 valence electrons. The highest BCUT2D eigenvalue weighted by Crippen LogP contribution is 2.23. The second kappa shape index (κ2) is 9.90. The molecule has 2 aromatic carbocycles. The van der Waals surface area contributed by atoms with Crippen molar-refractivity contribution in [2.45, 2.75) is 19.9 Å². The second-order valence-corrected chi connectivity index (χ2v) is 8.76. The molecule has 1 fully saturated rings. The first kappa shape index (κ1) is 21.9. The molecule has 0 spiro atoms. The van der Waals surface area contributed by atoms with E-state index in [9.17, 15) is 9.18 Å². The van der Waals surface area contributed by atoms with E-state index in [0.717, 1.165) is 35.0 Å². The van der Waals surface area contributed by atoms with Crippen molar-refractivity contribution in [2.75, 3.05) is 36.4 Å². The molecular formula is C24H24FN5OS. The van der Waals surface area contributed by atoms with Gasteiger partial charge >= 0.3 is 0 Å². The summed E-state index contributed by atoms with van der Waals surface area (Å²) in [6.07, 6.45) is 0.255. The number of para-hydroxylation sites is 1. The summed E-state index contributed by atoms with van der Waals surface area (Å²) in [4.78, 5) is 21.3. The maximum atomic E-state index is 14.3. The number of aryl methyl sites for hydroxylation is 1. The first-order valence-corrected chi connectivity index (χ1v) is 11.4. The Morgan fingerprint density at radius 3 is 2.72 bits per heavy atom. The Bertz CT molecular complexity index is 1150. The number of carbonyl (C=O) groups excluding carboxylic acids is 1. The molecule has 4 rings (SSSR count). The van der Waals surface area contributed by atoms with Crippen LogP contribution in [0.1, 0.15) is 21.8 Å². The van der Waals surface area contributed by atoms with Gasteiger partial charge in [0.15, 0.2) is 0 Å². The van der Waals surface area contributed by atoms with Crippen molar-refractivity contribution >= 4 is 28.6 Å². The lowest BCUT2D eigenvalue weighted by atomic mass is 10.2. The first-order chi connectivity index (χ1) is 15.5. The Kier molecular flexibility index (Phi) is 6.78. The minimum absolute atomic E-state index is 0.0711. The largest absolute Gasteiger partial charge is 0.367 e. The van der Waals surface area contributed by atoms with Gasteiger partial charge in [0, 0.05) is 43.8 Å². The van der Waals surface area contributed by atoms with Crippen LogP contribution in [0.5, 0.6) is 0 Å². The quantitative estimate of drug-likeness (QED) is 0.617. The maximum absolute atomic E-state index is 14.3. The average Bonchev–Trinajstić information content (AvgIpc) is 3.22. The van der Waals surface area contributed by atoms with Gasteiger partial charge in [-0.3, -0.25) is 9.69 Å². The van der Waals surface area contributed by atoms with Gasteiger partial charge in [-0.1, -0.05) is 18.2 Å². The highest BCUT2D eigenvalue weighted by molar-refractivity contribution is 7.09. The fourth-order valence-electron chi connectivity index (χ4n) is 3.76. The monoisotopic (exact) mass is 449 g/mol. The molecule has 32 heavy (non-hydrogen) atoms. The Morgan fingerprint density at radius 1 is 1.22 bits per heavy atom. The number of anilines is 2. The number of nitrogens with zero attached hydrogens (tertiary/aromatic N) is 4. The van der Waals surface area contributed by atoms with E-state index in [1.165, 1.54) is 17.4 Å². The molecule has 0 bridgehead atoms. The number of thiazole rings is 1. The standard InChI is InChI=1S/C24H24FN5OS/c1-17-4-2-3-5-21(17)28-23(31)13-24-27-19(16-32-24)15-29-8-10-30(11-9-29)22-7-6-18(14-26)12-20(22)25/h2-7,12,16H,8-11,13,15H2,1H3,(H,28,31). The van der Waals surface area contributed by atoms with Gasteiger partial charge in [0.2, 0.25) is 5.91 Å². The van der Waals surface area contributed by atoms with Crippen LogP contribution in [0.3, 0.4) is 0 Å². The minimum Gasteiger partial charge on any atom is -0.367 e. The zero-order chi connectivity index (χ0) is 22.5. The Labute approximate surface area is 190 Å². The van der Waals surface area contributed by atoms with E-state index in [1.54, 1.807) is 12.1 Å². The van der Waals surface area contributed by atoms with Gasteiger partial charge in [0.1, 0.15) is 10.8 Å². The molecule has 0 saturated carbocycles. The molecule has 2 heterocycles. The molecule has 1 aromatic heterocycles. The summed E-state index contributed by atoms with van der Waals surface area (Å²) in [5, 5.41) is 14.6. The number of rotatable bonds is 6. The SMILES string of the molecule is Cc1ccccc1NC(=O)Cc1nc(CN2CCN(c3ccc(C#N)cc3F)CC2)cs1. The van der Waals surface area contributed by atoms with Crippen LogP contribution in [-0.2, 0) is 17.8 Å². The number of halogens is 1. The third kappa shape index (κ3) is 5.31. The normalized spacial score (nSPS) is 14.2. The van der Waals surface area contributed by atoms with Crippen LogP contribution < -0.4 is 10.2 Å². The third-order valence-electron chi connectivity index (χ3n) is 5.51. The Morgan fingerprint density at radius 2 is 2.00 bits per heavy atom. The molecule has 0 aliphatic carbocycles. The second-order valence-electron chi connectivity index (χ2n) is 7.81. The lowest BCUT2D eigenvalue weighted by Crippen LogP contribution is -2.46. The van der Waals surface area contributed by atoms with E-state index in [0.29, 0.717) is 30.9 Å². The Balaban J connectivity index is 1.28. The fourth-order valence-corrected chi connectivity index (χ4v) is 4.54. The number of carbonyl (C=O) groups is 1. The highest BCUT2D eigenvalue weighted by Gasteiger charge is 2.20. The zero-order valence-corrected chi connectivity index (χ0v) is 18.7. The minimum atomic E-state index is -0.356. The molecular weight excluding hydrogens is 425 g/mol. The average molecular weight is 450 g/mol. The fraction of sp³-hybridized carbons (Fsp3) is 0.292. The van der Waals surface area contributed by atoms with Gasteiger partial charge in [-0.2, -0.15) is 5.26 Å². The van der Waals surface area contributed by atoms with Crippen LogP contribution in [0.2, 0.25) is 0 Å². The van der Waals surface area contributed by atoms with E-state index in [4.69, 9.17) is 5.26 Å². The van der Waals surface area contributed by atoms with Crippen molar-refractivity contribution in [1.82, 2.24) is 9.88 Å². The summed E-state index contributed by atoms with van der Waals surface area (Å²) >= 11 is 1.50. The number of piperazine rings is 1. The topological polar surface area (TPSA) is 72.3 Å². The Hall–Kier alpha value is -3.28. The molecule has 0 atom stereocenters. The van der Waals surface area contributed by atoms with Crippen LogP contribution >= 0.6 is 11.3 Å². The van der Waals surface area contributed by atoms with Crippen LogP contribution in [0, 0.1) is 24.1 Å². The molecule has 1 aliphatic rings. The van der Waals surface area contributed by atoms with Crippen molar-refractivity contribution in [2.24, 2.45) is 0 Å². The van der Waals surface area contributed by atoms with Crippen molar-refractivity contribution in [3.8, 4) is 6.07 Å². The predicted octanol–water partition coefficient (Wildman–Crippen LogP) is 3.97. The molecule has 1 saturated heterocycles. The highest BCUT2D eigenvalue weighted by atomic mass is 32.1. The number of aromatic nitrogens is 1. The summed E-state index contributed by atoms with van der Waals surface area (Å²) in [5.74, 6) is -0.427. The number of amides is 1. The number of hydrogen-bond acceptors (Lipinski definition) is 6. The van der Waals surface area contributed by atoms with Crippen molar-refractivity contribution in [3.05, 3.63) is 75.5 Å². The van der Waals surface area contributed by atoms with Crippen molar-refractivity contribution < 1.29 is 9.18 Å². The molecule has 0 radical (unpaired) electrons. The van der Waals surface area contributed by atoms with Gasteiger partial charge in [-0.05, 0) is 36.8 Å². The van der Waals surface area contributed by atoms with Crippen molar-refractivity contribution in [1.29, 1.82) is 5.26 Å². The maximum Gasteiger partial charge on any atom is 0.231 e. The molecule has 1 aliphatic heterocycles. The smallest absolute Gasteiger partial charge is 0.231 e. The van der Waals surface area contributed by atoms with Gasteiger partial charge in [0.25, 0.3) is 0 Å². The van der Waals surface area contributed by atoms with Gasteiger partial charge < -0.3 is 10.2 Å². The van der Waals surface area contributed by atoms with E-state index < -0.39 is 0 Å². The van der Waals surface area contributed by atoms with Crippen LogP contribution in [-0.4, -0.2) is 42.0 Å². The third-order valence-corrected chi connectivity index (χ3v) is 6.40. The van der Waals surface area contributed by atoms with Crippen LogP contribution in [0.25, 0.3) is 0 Å². The number of hydrogen-bond donors (Lipinski definition) is 1. The zero-order valence-electron chi connectivity index (χ0n) is 17.8. The van der Waals surface area contributed by atoms with E-state index in [1.807, 2.05) is 47.5 Å². The molecule has 1 N–H and O–H groups in total. The summed E-state index contributed by atoms with van der Waals surface area (Å²) in [5.41, 5.74) is 3.68. The van der Waals surface area contributed by atoms with E-state index in [-0.39, 0.29) is 18.1 Å². The van der Waals surface area contributed by atoms with Crippen LogP contribution in [0.4, 0.5) is 15.8 Å². The lowest BCUT2D eigenvalue weighted by molar-refractivity contribution is -0.115.